The molecule has 370 valence electrons. The van der Waals surface area contributed by atoms with E-state index in [9.17, 15) is 57.4 Å². The molecule has 1 aromatic heterocycles. The Morgan fingerprint density at radius 1 is 0.783 bits per heavy atom. The second-order valence-electron chi connectivity index (χ2n) is 17.0. The third kappa shape index (κ3) is 16.2. The number of rotatable bonds is 24. The summed E-state index contributed by atoms with van der Waals surface area (Å²) in [5, 5.41) is 24.6. The number of nitrogens with zero attached hydrogens (tertiary/aromatic N) is 3. The zero-order chi connectivity index (χ0) is 51.0. The van der Waals surface area contributed by atoms with Gasteiger partial charge in [0.1, 0.15) is 36.9 Å². The minimum Gasteiger partial charge on any atom is -0.387 e. The smallest absolute Gasteiger partial charge is 0.254 e. The Balaban J connectivity index is 1.66. The van der Waals surface area contributed by atoms with E-state index < -0.39 is 133 Å². The number of aliphatic hydroxyl groups is 1. The average molecular weight is 963 g/mol. The highest BCUT2D eigenvalue weighted by molar-refractivity contribution is 6.14. The number of carbonyl (C=O) groups excluding carboxylic acids is 10. The Morgan fingerprint density at radius 3 is 2.06 bits per heavy atom. The maximum atomic E-state index is 15.3. The quantitative estimate of drug-likeness (QED) is 0.0399. The van der Waals surface area contributed by atoms with Crippen LogP contribution < -0.4 is 37.6 Å². The molecule has 3 atom stereocenters. The standard InChI is InChI=1S/C46H56F2N10O11/c1-27(60)52-21-37(62)53-22-38(63)54-34(20-36(49)61)45(69)55-33(44(68)51-16-15-50-39(64)25-58-40(65)12-13-41(58)66)14-17-57(42(67)26-59)43(46(2,3)4)35-18-29(31-19-30(47)10-11-32(31)48)24-56(35)23-28-8-6-5-7-9-28/h5-13,18-19,24,33-34,43,59H,14-17,20-23,25-26H2,1-4H3,(H2,49,61)(H,50,64)(H,51,68)(H,52,60)(H,53,62)(H,54,63)(H,55,69). The maximum Gasteiger partial charge on any atom is 0.254 e. The highest BCUT2D eigenvalue weighted by atomic mass is 19.1. The molecule has 0 radical (unpaired) electrons. The highest BCUT2D eigenvalue weighted by Crippen LogP contribution is 2.41. The van der Waals surface area contributed by atoms with Crippen LogP contribution in [0.15, 0.2) is 72.9 Å². The fourth-order valence-corrected chi connectivity index (χ4v) is 7.31. The van der Waals surface area contributed by atoms with Crippen molar-refractivity contribution in [2.75, 3.05) is 45.9 Å². The van der Waals surface area contributed by atoms with E-state index in [1.54, 1.807) is 37.6 Å². The van der Waals surface area contributed by atoms with Crippen molar-refractivity contribution in [3.8, 4) is 11.1 Å². The number of nitrogens with two attached hydrogens (primary N) is 1. The summed E-state index contributed by atoms with van der Waals surface area (Å²) in [6.07, 6.45) is 2.45. The largest absolute Gasteiger partial charge is 0.387 e. The average Bonchev–Trinajstić information content (AvgIpc) is 3.84. The Bertz CT molecular complexity index is 2440. The molecule has 0 saturated heterocycles. The van der Waals surface area contributed by atoms with E-state index >= 15 is 4.39 Å². The second-order valence-corrected chi connectivity index (χ2v) is 17.0. The molecule has 0 saturated carbocycles. The predicted octanol–water partition coefficient (Wildman–Crippen LogP) is -0.965. The van der Waals surface area contributed by atoms with E-state index in [0.29, 0.717) is 10.6 Å². The SMILES string of the molecule is CC(=O)NCC(=O)NCC(=O)NC(CC(N)=O)C(=O)NC(CCN(C(=O)CO)C(c1cc(-c2cc(F)ccc2F)cn1Cc1ccccc1)C(C)(C)C)C(=O)NCCNC(=O)CN1C(=O)C=CC1=O. The minimum atomic E-state index is -1.71. The van der Waals surface area contributed by atoms with Crippen molar-refractivity contribution >= 4 is 59.1 Å². The molecule has 23 heteroatoms. The van der Waals surface area contributed by atoms with Gasteiger partial charge in [0.2, 0.25) is 47.3 Å². The number of halogens is 2. The van der Waals surface area contributed by atoms with E-state index in [0.717, 1.165) is 35.9 Å². The van der Waals surface area contributed by atoms with Crippen LogP contribution in [-0.2, 0) is 54.5 Å². The summed E-state index contributed by atoms with van der Waals surface area (Å²) in [6, 6.07) is 9.47. The summed E-state index contributed by atoms with van der Waals surface area (Å²) in [6.45, 7) is 3.13. The van der Waals surface area contributed by atoms with Crippen molar-refractivity contribution in [1.82, 2.24) is 46.3 Å². The van der Waals surface area contributed by atoms with Crippen LogP contribution in [0.25, 0.3) is 11.1 Å². The first kappa shape index (κ1) is 53.8. The lowest BCUT2D eigenvalue weighted by atomic mass is 9.82. The monoisotopic (exact) mass is 962 g/mol. The van der Waals surface area contributed by atoms with Gasteiger partial charge in [-0.25, -0.2) is 8.78 Å². The molecule has 0 fully saturated rings. The number of hydrogen-bond acceptors (Lipinski definition) is 11. The summed E-state index contributed by atoms with van der Waals surface area (Å²) in [7, 11) is 0. The molecule has 2 heterocycles. The predicted molar refractivity (Wildman–Crippen MR) is 242 cm³/mol. The van der Waals surface area contributed by atoms with Crippen LogP contribution in [0.4, 0.5) is 8.78 Å². The summed E-state index contributed by atoms with van der Waals surface area (Å²) >= 11 is 0. The number of benzene rings is 2. The van der Waals surface area contributed by atoms with Crippen molar-refractivity contribution < 1.29 is 61.8 Å². The van der Waals surface area contributed by atoms with Gasteiger partial charge in [0.05, 0.1) is 25.6 Å². The van der Waals surface area contributed by atoms with Crippen LogP contribution in [0.2, 0.25) is 0 Å². The van der Waals surface area contributed by atoms with Crippen molar-refractivity contribution in [2.24, 2.45) is 11.1 Å². The summed E-state index contributed by atoms with van der Waals surface area (Å²) in [5.74, 6) is -9.59. The van der Waals surface area contributed by atoms with Crippen molar-refractivity contribution in [3.05, 3.63) is 95.8 Å². The molecule has 3 aromatic rings. The van der Waals surface area contributed by atoms with E-state index in [4.69, 9.17) is 5.73 Å². The molecule has 9 N–H and O–H groups in total. The van der Waals surface area contributed by atoms with Crippen molar-refractivity contribution in [2.45, 2.75) is 65.2 Å². The molecule has 4 rings (SSSR count). The van der Waals surface area contributed by atoms with Gasteiger partial charge < -0.3 is 52.2 Å². The zero-order valence-electron chi connectivity index (χ0n) is 38.4. The number of amides is 10. The van der Waals surface area contributed by atoms with E-state index in [2.05, 4.69) is 31.9 Å². The molecule has 21 nitrogen and oxygen atoms in total. The molecule has 3 unspecified atom stereocenters. The summed E-state index contributed by atoms with van der Waals surface area (Å²) < 4.78 is 31.6. The lowest BCUT2D eigenvalue weighted by Gasteiger charge is -2.41. The number of aliphatic hydroxyl groups excluding tert-OH is 1. The Kier molecular flexibility index (Phi) is 19.3. The van der Waals surface area contributed by atoms with Crippen molar-refractivity contribution in [3.63, 3.8) is 0 Å². The number of imide groups is 1. The second kappa shape index (κ2) is 24.8. The van der Waals surface area contributed by atoms with Crippen LogP contribution in [0, 0.1) is 17.0 Å². The Morgan fingerprint density at radius 2 is 1.43 bits per heavy atom. The lowest BCUT2D eigenvalue weighted by molar-refractivity contribution is -0.141. The Labute approximate surface area is 395 Å². The maximum absolute atomic E-state index is 15.3. The Hall–Kier alpha value is -7.82. The third-order valence-electron chi connectivity index (χ3n) is 10.5. The fraction of sp³-hybridized carbons (Fsp3) is 0.391. The molecule has 0 spiro atoms. The van der Waals surface area contributed by atoms with Crippen LogP contribution in [-0.4, -0.2) is 137 Å². The summed E-state index contributed by atoms with van der Waals surface area (Å²) in [5.41, 5.74) is 5.96. The normalized spacial score (nSPS) is 13.5. The first-order valence-corrected chi connectivity index (χ1v) is 21.6. The number of primary amides is 1. The van der Waals surface area contributed by atoms with E-state index in [-0.39, 0.29) is 37.3 Å². The van der Waals surface area contributed by atoms with Gasteiger partial charge in [0.15, 0.2) is 0 Å². The van der Waals surface area contributed by atoms with Gasteiger partial charge in [-0.1, -0.05) is 51.1 Å². The van der Waals surface area contributed by atoms with E-state index in [1.807, 2.05) is 30.3 Å². The number of aromatic nitrogens is 1. The molecular weight excluding hydrogens is 907 g/mol. The summed E-state index contributed by atoms with van der Waals surface area (Å²) in [4.78, 5) is 128. The van der Waals surface area contributed by atoms with Gasteiger partial charge in [-0.05, 0) is 41.7 Å². The third-order valence-corrected chi connectivity index (χ3v) is 10.5. The van der Waals surface area contributed by atoms with E-state index in [1.165, 1.54) is 11.8 Å². The first-order chi connectivity index (χ1) is 32.6. The molecule has 0 aliphatic carbocycles. The van der Waals surface area contributed by atoms with Crippen molar-refractivity contribution in [1.29, 1.82) is 0 Å². The van der Waals surface area contributed by atoms with Gasteiger partial charge in [-0.2, -0.15) is 0 Å². The van der Waals surface area contributed by atoms with Gasteiger partial charge in [0, 0.05) is 68.3 Å². The molecular formula is C46H56F2N10O11. The molecule has 2 aromatic carbocycles. The van der Waals surface area contributed by atoms with Gasteiger partial charge in [0.25, 0.3) is 11.8 Å². The minimum absolute atomic E-state index is 0.0635. The molecule has 1 aliphatic rings. The zero-order valence-corrected chi connectivity index (χ0v) is 38.4. The van der Waals surface area contributed by atoms with Gasteiger partial charge in [-0.3, -0.25) is 52.8 Å². The first-order valence-electron chi connectivity index (χ1n) is 21.6. The fourth-order valence-electron chi connectivity index (χ4n) is 7.31. The number of carbonyl (C=O) groups is 10. The van der Waals surface area contributed by atoms with Crippen LogP contribution in [0.5, 0.6) is 0 Å². The van der Waals surface area contributed by atoms with Crippen LogP contribution in [0.3, 0.4) is 0 Å². The van der Waals surface area contributed by atoms with Crippen LogP contribution >= 0.6 is 0 Å². The molecule has 10 amide bonds. The highest BCUT2D eigenvalue weighted by Gasteiger charge is 2.38. The molecule has 69 heavy (non-hydrogen) atoms. The van der Waals surface area contributed by atoms with Crippen LogP contribution in [0.1, 0.15) is 57.8 Å². The topological polar surface area (TPSA) is 301 Å². The lowest BCUT2D eigenvalue weighted by Crippen LogP contribution is -2.57. The molecule has 1 aliphatic heterocycles. The number of nitrogens with one attached hydrogen (secondary N) is 6. The van der Waals surface area contributed by atoms with Gasteiger partial charge in [-0.15, -0.1) is 0 Å². The number of hydrogen-bond donors (Lipinski definition) is 8. The van der Waals surface area contributed by atoms with Gasteiger partial charge >= 0.3 is 0 Å². The molecule has 0 bridgehead atoms.